The third-order valence-corrected chi connectivity index (χ3v) is 3.17. The zero-order chi connectivity index (χ0) is 12.3. The molecule has 0 spiro atoms. The number of rotatable bonds is 6. The standard InChI is InChI=1S/C13H20FN3/c1-3-17(9-10-4-5-10)13-12(14)11(8-15-2)6-7-16-13/h6-7,10,15H,3-5,8-9H2,1-2H3. The number of anilines is 1. The molecule has 1 saturated carbocycles. The molecule has 0 bridgehead atoms. The first-order valence-electron chi connectivity index (χ1n) is 6.29. The third kappa shape index (κ3) is 2.94. The Morgan fingerprint density at radius 2 is 2.29 bits per heavy atom. The van der Waals surface area contributed by atoms with Crippen LogP contribution in [0, 0.1) is 11.7 Å². The zero-order valence-corrected chi connectivity index (χ0v) is 10.5. The van der Waals surface area contributed by atoms with Gasteiger partial charge in [0.15, 0.2) is 11.6 Å². The quantitative estimate of drug-likeness (QED) is 0.822. The van der Waals surface area contributed by atoms with Crippen LogP contribution >= 0.6 is 0 Å². The number of halogens is 1. The lowest BCUT2D eigenvalue weighted by Gasteiger charge is -2.23. The van der Waals surface area contributed by atoms with Crippen molar-refractivity contribution in [3.63, 3.8) is 0 Å². The molecule has 1 aliphatic rings. The molecule has 94 valence electrons. The van der Waals surface area contributed by atoms with Crippen LogP contribution < -0.4 is 10.2 Å². The number of nitrogens with one attached hydrogen (secondary N) is 1. The van der Waals surface area contributed by atoms with Crippen molar-refractivity contribution in [2.75, 3.05) is 25.0 Å². The molecular formula is C13H20FN3. The maximum absolute atomic E-state index is 14.2. The Bertz CT molecular complexity index is 377. The van der Waals surface area contributed by atoms with Gasteiger partial charge in [0.2, 0.25) is 0 Å². The van der Waals surface area contributed by atoms with E-state index in [0.717, 1.165) is 19.0 Å². The van der Waals surface area contributed by atoms with Crippen LogP contribution in [-0.2, 0) is 6.54 Å². The van der Waals surface area contributed by atoms with Gasteiger partial charge >= 0.3 is 0 Å². The minimum Gasteiger partial charge on any atom is -0.354 e. The molecule has 1 heterocycles. The molecule has 1 aromatic rings. The Morgan fingerprint density at radius 1 is 1.53 bits per heavy atom. The average Bonchev–Trinajstić information content (AvgIpc) is 3.13. The van der Waals surface area contributed by atoms with Gasteiger partial charge in [-0.05, 0) is 38.8 Å². The Hall–Kier alpha value is -1.16. The predicted octanol–water partition coefficient (Wildman–Crippen LogP) is 2.18. The monoisotopic (exact) mass is 237 g/mol. The van der Waals surface area contributed by atoms with E-state index >= 15 is 0 Å². The van der Waals surface area contributed by atoms with Crippen molar-refractivity contribution in [3.05, 3.63) is 23.6 Å². The lowest BCUT2D eigenvalue weighted by atomic mass is 10.2. The molecule has 0 aromatic carbocycles. The van der Waals surface area contributed by atoms with Gasteiger partial charge in [0.25, 0.3) is 0 Å². The largest absolute Gasteiger partial charge is 0.354 e. The Kier molecular flexibility index (Phi) is 3.94. The summed E-state index contributed by atoms with van der Waals surface area (Å²) in [5, 5.41) is 2.98. The topological polar surface area (TPSA) is 28.2 Å². The minimum absolute atomic E-state index is 0.177. The van der Waals surface area contributed by atoms with Crippen molar-refractivity contribution < 1.29 is 4.39 Å². The van der Waals surface area contributed by atoms with Crippen molar-refractivity contribution >= 4 is 5.82 Å². The first-order chi connectivity index (χ1) is 8.26. The van der Waals surface area contributed by atoms with Crippen LogP contribution in [0.5, 0.6) is 0 Å². The van der Waals surface area contributed by atoms with Gasteiger partial charge in [0.05, 0.1) is 0 Å². The molecule has 0 unspecified atom stereocenters. The van der Waals surface area contributed by atoms with E-state index in [9.17, 15) is 4.39 Å². The molecule has 2 rings (SSSR count). The molecule has 3 nitrogen and oxygen atoms in total. The van der Waals surface area contributed by atoms with E-state index in [-0.39, 0.29) is 5.82 Å². The van der Waals surface area contributed by atoms with E-state index in [1.807, 2.05) is 18.9 Å². The normalized spacial score (nSPS) is 15.0. The van der Waals surface area contributed by atoms with Crippen molar-refractivity contribution in [2.45, 2.75) is 26.3 Å². The van der Waals surface area contributed by atoms with E-state index in [4.69, 9.17) is 0 Å². The molecule has 1 N–H and O–H groups in total. The van der Waals surface area contributed by atoms with Crippen LogP contribution in [0.2, 0.25) is 0 Å². The molecule has 17 heavy (non-hydrogen) atoms. The summed E-state index contributed by atoms with van der Waals surface area (Å²) in [6, 6.07) is 1.74. The molecule has 4 heteroatoms. The van der Waals surface area contributed by atoms with Gasteiger partial charge in [0.1, 0.15) is 0 Å². The first kappa shape index (κ1) is 12.3. The fraction of sp³-hybridized carbons (Fsp3) is 0.615. The van der Waals surface area contributed by atoms with Crippen LogP contribution in [-0.4, -0.2) is 25.1 Å². The molecule has 1 aromatic heterocycles. The lowest BCUT2D eigenvalue weighted by molar-refractivity contribution is 0.582. The maximum Gasteiger partial charge on any atom is 0.170 e. The van der Waals surface area contributed by atoms with Crippen LogP contribution in [0.1, 0.15) is 25.3 Å². The number of pyridine rings is 1. The van der Waals surface area contributed by atoms with Crippen LogP contribution in [0.15, 0.2) is 12.3 Å². The second-order valence-corrected chi connectivity index (χ2v) is 4.62. The van der Waals surface area contributed by atoms with E-state index in [1.165, 1.54) is 12.8 Å². The highest BCUT2D eigenvalue weighted by Gasteiger charge is 2.25. The summed E-state index contributed by atoms with van der Waals surface area (Å²) in [6.45, 7) is 4.34. The number of nitrogens with zero attached hydrogens (tertiary/aromatic N) is 2. The summed E-state index contributed by atoms with van der Waals surface area (Å²) in [7, 11) is 1.82. The molecule has 0 saturated heterocycles. The maximum atomic E-state index is 14.2. The zero-order valence-electron chi connectivity index (χ0n) is 10.5. The van der Waals surface area contributed by atoms with Crippen molar-refractivity contribution in [3.8, 4) is 0 Å². The summed E-state index contributed by atoms with van der Waals surface area (Å²) in [5.41, 5.74) is 0.687. The highest BCUT2D eigenvalue weighted by Crippen LogP contribution is 2.31. The molecule has 0 aliphatic heterocycles. The van der Waals surface area contributed by atoms with Gasteiger partial charge in [0, 0.05) is 31.4 Å². The lowest BCUT2D eigenvalue weighted by Crippen LogP contribution is -2.27. The molecule has 0 radical (unpaired) electrons. The average molecular weight is 237 g/mol. The number of aromatic nitrogens is 1. The Balaban J connectivity index is 2.19. The molecule has 1 aliphatic carbocycles. The van der Waals surface area contributed by atoms with Crippen LogP contribution in [0.4, 0.5) is 10.2 Å². The summed E-state index contributed by atoms with van der Waals surface area (Å²) >= 11 is 0. The summed E-state index contributed by atoms with van der Waals surface area (Å²) < 4.78 is 14.2. The van der Waals surface area contributed by atoms with Gasteiger partial charge in [-0.3, -0.25) is 0 Å². The highest BCUT2D eigenvalue weighted by atomic mass is 19.1. The van der Waals surface area contributed by atoms with E-state index in [0.29, 0.717) is 17.9 Å². The molecular weight excluding hydrogens is 217 g/mol. The first-order valence-corrected chi connectivity index (χ1v) is 6.29. The smallest absolute Gasteiger partial charge is 0.170 e. The number of hydrogen-bond acceptors (Lipinski definition) is 3. The molecule has 0 atom stereocenters. The summed E-state index contributed by atoms with van der Waals surface area (Å²) in [5.74, 6) is 1.07. The second kappa shape index (κ2) is 5.45. The summed E-state index contributed by atoms with van der Waals surface area (Å²) in [4.78, 5) is 6.24. The highest BCUT2D eigenvalue weighted by molar-refractivity contribution is 5.43. The Morgan fingerprint density at radius 3 is 2.88 bits per heavy atom. The van der Waals surface area contributed by atoms with E-state index in [1.54, 1.807) is 12.3 Å². The van der Waals surface area contributed by atoms with Crippen molar-refractivity contribution in [1.82, 2.24) is 10.3 Å². The van der Waals surface area contributed by atoms with E-state index in [2.05, 4.69) is 10.3 Å². The minimum atomic E-state index is -0.177. The SMILES string of the molecule is CCN(CC1CC1)c1nccc(CNC)c1F. The van der Waals surface area contributed by atoms with Gasteiger partial charge in [-0.2, -0.15) is 0 Å². The molecule has 1 fully saturated rings. The predicted molar refractivity (Wildman–Crippen MR) is 67.6 cm³/mol. The van der Waals surface area contributed by atoms with Crippen molar-refractivity contribution in [2.24, 2.45) is 5.92 Å². The van der Waals surface area contributed by atoms with Gasteiger partial charge in [-0.15, -0.1) is 0 Å². The second-order valence-electron chi connectivity index (χ2n) is 4.62. The number of hydrogen-bond donors (Lipinski definition) is 1. The fourth-order valence-corrected chi connectivity index (χ4v) is 2.00. The third-order valence-electron chi connectivity index (χ3n) is 3.17. The van der Waals surface area contributed by atoms with E-state index < -0.39 is 0 Å². The van der Waals surface area contributed by atoms with Crippen LogP contribution in [0.3, 0.4) is 0 Å². The summed E-state index contributed by atoms with van der Waals surface area (Å²) in [6.07, 6.45) is 4.24. The molecule has 0 amide bonds. The Labute approximate surface area is 102 Å². The fourth-order valence-electron chi connectivity index (χ4n) is 2.00. The van der Waals surface area contributed by atoms with Gasteiger partial charge < -0.3 is 10.2 Å². The van der Waals surface area contributed by atoms with Crippen LogP contribution in [0.25, 0.3) is 0 Å². The van der Waals surface area contributed by atoms with Crippen molar-refractivity contribution in [1.29, 1.82) is 0 Å². The van der Waals surface area contributed by atoms with Gasteiger partial charge in [-0.1, -0.05) is 0 Å². The van der Waals surface area contributed by atoms with Gasteiger partial charge in [-0.25, -0.2) is 9.37 Å².